The molecule has 82 valence electrons. The monoisotopic (exact) mass is 216 g/mol. The maximum Gasteiger partial charge on any atom is 0.125 e. The van der Waals surface area contributed by atoms with Gasteiger partial charge in [0.25, 0.3) is 0 Å². The number of rotatable bonds is 1. The van der Waals surface area contributed by atoms with Crippen LogP contribution in [0.2, 0.25) is 0 Å². The van der Waals surface area contributed by atoms with Gasteiger partial charge in [0.1, 0.15) is 11.6 Å². The highest BCUT2D eigenvalue weighted by Gasteiger charge is 2.67. The molecule has 1 heterocycles. The third kappa shape index (κ3) is 0.896. The van der Waals surface area contributed by atoms with Crippen LogP contribution in [0.1, 0.15) is 32.0 Å². The van der Waals surface area contributed by atoms with E-state index in [4.69, 9.17) is 0 Å². The predicted molar refractivity (Wildman–Crippen MR) is 59.7 cm³/mol. The Balaban J connectivity index is 1.82. The van der Waals surface area contributed by atoms with Crippen molar-refractivity contribution in [2.45, 2.75) is 31.6 Å². The first kappa shape index (κ1) is 8.74. The molecule has 3 heteroatoms. The molecule has 2 bridgehead atoms. The van der Waals surface area contributed by atoms with Crippen molar-refractivity contribution in [2.24, 2.45) is 5.41 Å². The number of benzene rings is 1. The lowest BCUT2D eigenvalue weighted by atomic mass is 9.36. The molecular formula is C13H13FN2. The van der Waals surface area contributed by atoms with Gasteiger partial charge in [-0.05, 0) is 42.9 Å². The van der Waals surface area contributed by atoms with E-state index in [1.807, 2.05) is 0 Å². The fraction of sp³-hybridized carbons (Fsp3) is 0.462. The number of fused-ring (bicyclic) bond motifs is 1. The van der Waals surface area contributed by atoms with E-state index in [2.05, 4.69) is 16.9 Å². The minimum Gasteiger partial charge on any atom is -0.341 e. The highest BCUT2D eigenvalue weighted by atomic mass is 19.1. The molecule has 0 atom stereocenters. The molecule has 0 aliphatic heterocycles. The molecule has 1 N–H and O–H groups in total. The van der Waals surface area contributed by atoms with E-state index >= 15 is 0 Å². The molecule has 2 nitrogen and oxygen atoms in total. The summed E-state index contributed by atoms with van der Waals surface area (Å²) in [6, 6.07) is 4.74. The molecule has 0 unspecified atom stereocenters. The predicted octanol–water partition coefficient (Wildman–Crippen LogP) is 3.14. The highest BCUT2D eigenvalue weighted by molar-refractivity contribution is 5.75. The van der Waals surface area contributed by atoms with Crippen LogP contribution in [0.5, 0.6) is 0 Å². The number of nitrogens with zero attached hydrogens (tertiary/aromatic N) is 1. The van der Waals surface area contributed by atoms with E-state index in [1.54, 1.807) is 6.07 Å². The first-order chi connectivity index (χ1) is 7.59. The Labute approximate surface area is 92.9 Å². The van der Waals surface area contributed by atoms with Crippen molar-refractivity contribution < 1.29 is 4.39 Å². The molecule has 1 aromatic carbocycles. The number of aromatic amines is 1. The fourth-order valence-corrected chi connectivity index (χ4v) is 3.78. The van der Waals surface area contributed by atoms with Crippen LogP contribution in [0, 0.1) is 11.2 Å². The Kier molecular flexibility index (Phi) is 1.26. The van der Waals surface area contributed by atoms with Crippen molar-refractivity contribution in [2.75, 3.05) is 0 Å². The summed E-state index contributed by atoms with van der Waals surface area (Å²) in [5.74, 6) is 0.865. The molecule has 0 spiro atoms. The molecule has 3 saturated carbocycles. The van der Waals surface area contributed by atoms with Gasteiger partial charge in [-0.15, -0.1) is 0 Å². The van der Waals surface area contributed by atoms with Crippen molar-refractivity contribution in [3.63, 3.8) is 0 Å². The maximum absolute atomic E-state index is 13.1. The Bertz CT molecular complexity index is 579. The third-order valence-corrected chi connectivity index (χ3v) is 4.24. The van der Waals surface area contributed by atoms with E-state index in [-0.39, 0.29) is 5.82 Å². The minimum atomic E-state index is -0.202. The molecule has 0 amide bonds. The molecular weight excluding hydrogens is 203 g/mol. The van der Waals surface area contributed by atoms with Crippen LogP contribution in [-0.2, 0) is 5.41 Å². The first-order valence-electron chi connectivity index (χ1n) is 5.75. The van der Waals surface area contributed by atoms with Crippen LogP contribution in [0.3, 0.4) is 0 Å². The number of imidazole rings is 1. The van der Waals surface area contributed by atoms with Gasteiger partial charge in [-0.2, -0.15) is 0 Å². The fourth-order valence-electron chi connectivity index (χ4n) is 3.78. The van der Waals surface area contributed by atoms with Gasteiger partial charge in [0.15, 0.2) is 0 Å². The number of aromatic nitrogens is 2. The van der Waals surface area contributed by atoms with E-state index in [0.717, 1.165) is 16.9 Å². The van der Waals surface area contributed by atoms with Gasteiger partial charge in [0.05, 0.1) is 11.0 Å². The zero-order valence-electron chi connectivity index (χ0n) is 9.18. The summed E-state index contributed by atoms with van der Waals surface area (Å²) < 4.78 is 13.1. The van der Waals surface area contributed by atoms with Crippen molar-refractivity contribution in [1.82, 2.24) is 9.97 Å². The van der Waals surface area contributed by atoms with Crippen molar-refractivity contribution >= 4 is 11.0 Å². The molecule has 0 saturated heterocycles. The molecule has 3 fully saturated rings. The van der Waals surface area contributed by atoms with Gasteiger partial charge in [-0.1, -0.05) is 6.92 Å². The maximum atomic E-state index is 13.1. The largest absolute Gasteiger partial charge is 0.341 e. The van der Waals surface area contributed by atoms with Gasteiger partial charge >= 0.3 is 0 Å². The molecule has 2 aromatic rings. The van der Waals surface area contributed by atoms with Crippen LogP contribution >= 0.6 is 0 Å². The Morgan fingerprint density at radius 3 is 2.75 bits per heavy atom. The standard InChI is InChI=1S/C13H13FN2/c1-12-5-13(6-12,7-12)11-15-9-3-2-8(14)4-10(9)16-11/h2-4H,5-7H2,1H3,(H,15,16). The van der Waals surface area contributed by atoms with Crippen LogP contribution in [0.4, 0.5) is 4.39 Å². The zero-order chi connectivity index (χ0) is 11.0. The second-order valence-electron chi connectivity index (χ2n) is 5.87. The summed E-state index contributed by atoms with van der Waals surface area (Å²) in [5, 5.41) is 0. The second-order valence-corrected chi connectivity index (χ2v) is 5.87. The number of H-pyrrole nitrogens is 1. The summed E-state index contributed by atoms with van der Waals surface area (Å²) in [6.45, 7) is 2.33. The number of hydrogen-bond donors (Lipinski definition) is 1. The molecule has 0 radical (unpaired) electrons. The number of nitrogens with one attached hydrogen (secondary N) is 1. The van der Waals surface area contributed by atoms with Crippen molar-refractivity contribution in [1.29, 1.82) is 0 Å². The highest BCUT2D eigenvalue weighted by Crippen LogP contribution is 2.72. The van der Waals surface area contributed by atoms with Gasteiger partial charge in [0, 0.05) is 5.41 Å². The van der Waals surface area contributed by atoms with Crippen molar-refractivity contribution in [3.8, 4) is 0 Å². The topological polar surface area (TPSA) is 28.7 Å². The van der Waals surface area contributed by atoms with Gasteiger partial charge in [-0.25, -0.2) is 9.37 Å². The Morgan fingerprint density at radius 2 is 2.06 bits per heavy atom. The molecule has 5 rings (SSSR count). The lowest BCUT2D eigenvalue weighted by Crippen LogP contribution is -2.63. The van der Waals surface area contributed by atoms with E-state index in [0.29, 0.717) is 10.8 Å². The van der Waals surface area contributed by atoms with Crippen LogP contribution < -0.4 is 0 Å². The SMILES string of the molecule is CC12CC(c3nc4ccc(F)cc4[nH]3)(C1)C2. The molecule has 1 aromatic heterocycles. The van der Waals surface area contributed by atoms with Crippen LogP contribution in [-0.4, -0.2) is 9.97 Å². The average Bonchev–Trinajstić information content (AvgIpc) is 2.53. The quantitative estimate of drug-likeness (QED) is 0.779. The summed E-state index contributed by atoms with van der Waals surface area (Å²) >= 11 is 0. The van der Waals surface area contributed by atoms with E-state index in [1.165, 1.54) is 31.4 Å². The Hall–Kier alpha value is -1.38. The van der Waals surface area contributed by atoms with E-state index < -0.39 is 0 Å². The van der Waals surface area contributed by atoms with Crippen molar-refractivity contribution in [3.05, 3.63) is 29.8 Å². The Morgan fingerprint density at radius 1 is 1.31 bits per heavy atom. The zero-order valence-corrected chi connectivity index (χ0v) is 9.18. The average molecular weight is 216 g/mol. The van der Waals surface area contributed by atoms with Gasteiger partial charge in [0.2, 0.25) is 0 Å². The normalized spacial score (nSPS) is 35.9. The lowest BCUT2D eigenvalue weighted by molar-refractivity contribution is -0.130. The summed E-state index contributed by atoms with van der Waals surface area (Å²) in [6.07, 6.45) is 3.72. The second kappa shape index (κ2) is 2.31. The number of hydrogen-bond acceptors (Lipinski definition) is 1. The third-order valence-electron chi connectivity index (χ3n) is 4.24. The molecule has 16 heavy (non-hydrogen) atoms. The van der Waals surface area contributed by atoms with Gasteiger partial charge in [-0.3, -0.25) is 0 Å². The summed E-state index contributed by atoms with van der Waals surface area (Å²) in [4.78, 5) is 7.88. The molecule has 3 aliphatic carbocycles. The first-order valence-corrected chi connectivity index (χ1v) is 5.75. The smallest absolute Gasteiger partial charge is 0.125 e. The summed E-state index contributed by atoms with van der Waals surface area (Å²) in [7, 11) is 0. The lowest BCUT2D eigenvalue weighted by Gasteiger charge is -2.68. The van der Waals surface area contributed by atoms with Crippen LogP contribution in [0.25, 0.3) is 11.0 Å². The molecule has 3 aliphatic rings. The summed E-state index contributed by atoms with van der Waals surface area (Å²) in [5.41, 5.74) is 2.57. The van der Waals surface area contributed by atoms with E-state index in [9.17, 15) is 4.39 Å². The number of halogens is 1. The van der Waals surface area contributed by atoms with Gasteiger partial charge < -0.3 is 4.98 Å². The minimum absolute atomic E-state index is 0.202. The van der Waals surface area contributed by atoms with Crippen LogP contribution in [0.15, 0.2) is 18.2 Å².